The number of benzene rings is 2. The lowest BCUT2D eigenvalue weighted by Crippen LogP contribution is -2.43. The van der Waals surface area contributed by atoms with Crippen molar-refractivity contribution in [2.24, 2.45) is 5.92 Å². The highest BCUT2D eigenvalue weighted by atomic mass is 16.5. The van der Waals surface area contributed by atoms with E-state index in [2.05, 4.69) is 27.4 Å². The standard InChI is InChI=1S/C24H24N4O3/c1-31-17-5-2-15(3-6-17)16-4-7-20-19(12-16)23-18(22(14-29)27-20)8-11-28(23)24(30)21-13-25-9-10-26-21/h2-7,9-10,12-13,18,22-23,27,29H,8,11,14H2,1H3/t18-,22+,23-/m1/s1. The fourth-order valence-corrected chi connectivity index (χ4v) is 4.81. The number of ether oxygens (including phenoxy) is 1. The monoisotopic (exact) mass is 416 g/mol. The zero-order chi connectivity index (χ0) is 21.4. The Morgan fingerprint density at radius 3 is 2.71 bits per heavy atom. The number of amides is 1. The molecule has 3 heterocycles. The second kappa shape index (κ2) is 8.00. The predicted molar refractivity (Wildman–Crippen MR) is 117 cm³/mol. The van der Waals surface area contributed by atoms with Gasteiger partial charge in [-0.15, -0.1) is 0 Å². The molecule has 158 valence electrons. The molecule has 0 radical (unpaired) electrons. The lowest BCUT2D eigenvalue weighted by atomic mass is 9.82. The van der Waals surface area contributed by atoms with Crippen LogP contribution in [-0.4, -0.2) is 52.2 Å². The van der Waals surface area contributed by atoms with Gasteiger partial charge in [0.15, 0.2) is 0 Å². The Kier molecular flexibility index (Phi) is 5.03. The van der Waals surface area contributed by atoms with E-state index in [1.54, 1.807) is 13.3 Å². The molecule has 0 saturated carbocycles. The maximum atomic E-state index is 13.3. The van der Waals surface area contributed by atoms with E-state index in [1.165, 1.54) is 12.4 Å². The van der Waals surface area contributed by atoms with Crippen molar-refractivity contribution in [1.82, 2.24) is 14.9 Å². The summed E-state index contributed by atoms with van der Waals surface area (Å²) in [6.07, 6.45) is 5.43. The van der Waals surface area contributed by atoms with Gasteiger partial charge in [-0.05, 0) is 47.4 Å². The molecule has 0 bridgehead atoms. The second-order valence-corrected chi connectivity index (χ2v) is 7.95. The molecule has 5 rings (SSSR count). The summed E-state index contributed by atoms with van der Waals surface area (Å²) < 4.78 is 5.27. The van der Waals surface area contributed by atoms with E-state index < -0.39 is 0 Å². The van der Waals surface area contributed by atoms with Crippen molar-refractivity contribution in [3.05, 3.63) is 72.3 Å². The van der Waals surface area contributed by atoms with E-state index in [9.17, 15) is 9.90 Å². The van der Waals surface area contributed by atoms with Crippen molar-refractivity contribution in [2.45, 2.75) is 18.5 Å². The molecular formula is C24H24N4O3. The van der Waals surface area contributed by atoms with Crippen LogP contribution in [0.25, 0.3) is 11.1 Å². The molecule has 1 saturated heterocycles. The Morgan fingerprint density at radius 1 is 1.19 bits per heavy atom. The third kappa shape index (κ3) is 3.41. The topological polar surface area (TPSA) is 87.6 Å². The van der Waals surface area contributed by atoms with Crippen LogP contribution in [0.4, 0.5) is 5.69 Å². The summed E-state index contributed by atoms with van der Waals surface area (Å²) >= 11 is 0. The molecule has 3 aromatic rings. The van der Waals surface area contributed by atoms with Crippen molar-refractivity contribution in [2.75, 3.05) is 25.6 Å². The number of aromatic nitrogens is 2. The molecule has 0 unspecified atom stereocenters. The smallest absolute Gasteiger partial charge is 0.274 e. The molecule has 0 spiro atoms. The molecule has 1 amide bonds. The summed E-state index contributed by atoms with van der Waals surface area (Å²) in [4.78, 5) is 23.4. The van der Waals surface area contributed by atoms with Crippen LogP contribution in [0.3, 0.4) is 0 Å². The molecule has 3 atom stereocenters. The first-order valence-corrected chi connectivity index (χ1v) is 10.4. The van der Waals surface area contributed by atoms with E-state index in [4.69, 9.17) is 4.74 Å². The number of carbonyl (C=O) groups is 1. The van der Waals surface area contributed by atoms with Crippen molar-refractivity contribution in [1.29, 1.82) is 0 Å². The fourth-order valence-electron chi connectivity index (χ4n) is 4.81. The van der Waals surface area contributed by atoms with Gasteiger partial charge in [-0.1, -0.05) is 18.2 Å². The number of hydrogen-bond donors (Lipinski definition) is 2. The molecule has 1 fully saturated rings. The number of nitrogens with zero attached hydrogens (tertiary/aromatic N) is 3. The largest absolute Gasteiger partial charge is 0.497 e. The Bertz CT molecular complexity index is 1090. The lowest BCUT2D eigenvalue weighted by molar-refractivity contribution is 0.0694. The number of methoxy groups -OCH3 is 1. The molecule has 1 aromatic heterocycles. The number of fused-ring (bicyclic) bond motifs is 3. The van der Waals surface area contributed by atoms with E-state index in [1.807, 2.05) is 35.2 Å². The van der Waals surface area contributed by atoms with Crippen LogP contribution < -0.4 is 10.1 Å². The first kappa shape index (κ1) is 19.5. The minimum absolute atomic E-state index is 0.0218. The Morgan fingerprint density at radius 2 is 2.00 bits per heavy atom. The van der Waals surface area contributed by atoms with Gasteiger partial charge in [0.25, 0.3) is 5.91 Å². The summed E-state index contributed by atoms with van der Waals surface area (Å²) in [5.41, 5.74) is 4.52. The highest BCUT2D eigenvalue weighted by Gasteiger charge is 2.46. The summed E-state index contributed by atoms with van der Waals surface area (Å²) in [5.74, 6) is 0.815. The van der Waals surface area contributed by atoms with Gasteiger partial charge in [0, 0.05) is 30.5 Å². The van der Waals surface area contributed by atoms with Gasteiger partial charge < -0.3 is 20.1 Å². The van der Waals surface area contributed by atoms with E-state index in [0.29, 0.717) is 12.2 Å². The van der Waals surface area contributed by atoms with Gasteiger partial charge in [-0.3, -0.25) is 9.78 Å². The lowest BCUT2D eigenvalue weighted by Gasteiger charge is -2.39. The van der Waals surface area contributed by atoms with Crippen molar-refractivity contribution >= 4 is 11.6 Å². The van der Waals surface area contributed by atoms with Gasteiger partial charge >= 0.3 is 0 Å². The summed E-state index contributed by atoms with van der Waals surface area (Å²) in [5, 5.41) is 13.5. The van der Waals surface area contributed by atoms with Crippen molar-refractivity contribution in [3.8, 4) is 16.9 Å². The third-order valence-corrected chi connectivity index (χ3v) is 6.34. The number of rotatable bonds is 4. The summed E-state index contributed by atoms with van der Waals surface area (Å²) in [6, 6.07) is 14.0. The summed E-state index contributed by atoms with van der Waals surface area (Å²) in [7, 11) is 1.65. The van der Waals surface area contributed by atoms with Crippen LogP contribution in [0.5, 0.6) is 5.75 Å². The number of aliphatic hydroxyl groups excluding tert-OH is 1. The molecule has 31 heavy (non-hydrogen) atoms. The van der Waals surface area contributed by atoms with Crippen molar-refractivity contribution < 1.29 is 14.6 Å². The molecular weight excluding hydrogens is 392 g/mol. The number of anilines is 1. The van der Waals surface area contributed by atoms with Crippen molar-refractivity contribution in [3.63, 3.8) is 0 Å². The van der Waals surface area contributed by atoms with Gasteiger partial charge in [-0.2, -0.15) is 0 Å². The third-order valence-electron chi connectivity index (χ3n) is 6.34. The SMILES string of the molecule is COc1ccc(-c2ccc3c(c2)[C@H]2[C@H](CCN2C(=O)c2cnccn2)[C@H](CO)N3)cc1. The quantitative estimate of drug-likeness (QED) is 0.679. The normalized spacial score (nSPS) is 21.7. The number of aliphatic hydroxyl groups is 1. The van der Waals surface area contributed by atoms with Gasteiger partial charge in [0.2, 0.25) is 0 Å². The number of hydrogen-bond acceptors (Lipinski definition) is 6. The van der Waals surface area contributed by atoms with E-state index in [-0.39, 0.29) is 30.5 Å². The van der Waals surface area contributed by atoms with Crippen LogP contribution in [0.15, 0.2) is 61.1 Å². The average Bonchev–Trinajstić information content (AvgIpc) is 3.29. The Hall–Kier alpha value is -3.45. The van der Waals surface area contributed by atoms with Crippen LogP contribution in [0.1, 0.15) is 28.5 Å². The highest BCUT2D eigenvalue weighted by Crippen LogP contribution is 2.47. The fraction of sp³-hybridized carbons (Fsp3) is 0.292. The number of nitrogens with one attached hydrogen (secondary N) is 1. The first-order valence-electron chi connectivity index (χ1n) is 10.4. The minimum atomic E-state index is -0.125. The zero-order valence-corrected chi connectivity index (χ0v) is 17.2. The average molecular weight is 416 g/mol. The number of carbonyl (C=O) groups excluding carboxylic acids is 1. The van der Waals surface area contributed by atoms with Crippen LogP contribution >= 0.6 is 0 Å². The predicted octanol–water partition coefficient (Wildman–Crippen LogP) is 3.14. The molecule has 2 aliphatic heterocycles. The molecule has 2 aromatic carbocycles. The molecule has 2 N–H and O–H groups in total. The van der Waals surface area contributed by atoms with E-state index in [0.717, 1.165) is 34.5 Å². The zero-order valence-electron chi connectivity index (χ0n) is 17.2. The number of likely N-dealkylation sites (tertiary alicyclic amines) is 1. The molecule has 2 aliphatic rings. The first-order chi connectivity index (χ1) is 15.2. The minimum Gasteiger partial charge on any atom is -0.497 e. The van der Waals surface area contributed by atoms with Gasteiger partial charge in [0.1, 0.15) is 11.4 Å². The maximum Gasteiger partial charge on any atom is 0.274 e. The Labute approximate surface area is 180 Å². The Balaban J connectivity index is 1.55. The van der Waals surface area contributed by atoms with Crippen LogP contribution in [-0.2, 0) is 0 Å². The van der Waals surface area contributed by atoms with Gasteiger partial charge in [0.05, 0.1) is 32.0 Å². The molecule has 7 nitrogen and oxygen atoms in total. The van der Waals surface area contributed by atoms with Crippen LogP contribution in [0, 0.1) is 5.92 Å². The molecule has 7 heteroatoms. The van der Waals surface area contributed by atoms with Gasteiger partial charge in [-0.25, -0.2) is 4.98 Å². The maximum absolute atomic E-state index is 13.3. The van der Waals surface area contributed by atoms with E-state index >= 15 is 0 Å². The summed E-state index contributed by atoms with van der Waals surface area (Å²) in [6.45, 7) is 0.642. The second-order valence-electron chi connectivity index (χ2n) is 7.95. The highest BCUT2D eigenvalue weighted by molar-refractivity contribution is 5.93. The van der Waals surface area contributed by atoms with Crippen LogP contribution in [0.2, 0.25) is 0 Å². The molecule has 0 aliphatic carbocycles.